The highest BCUT2D eigenvalue weighted by atomic mass is 16.6. The van der Waals surface area contributed by atoms with Gasteiger partial charge in [-0.2, -0.15) is 0 Å². The van der Waals surface area contributed by atoms with Crippen molar-refractivity contribution in [3.63, 3.8) is 0 Å². The molecule has 86 heavy (non-hydrogen) atoms. The van der Waals surface area contributed by atoms with Crippen molar-refractivity contribution in [3.8, 4) is 0 Å². The summed E-state index contributed by atoms with van der Waals surface area (Å²) in [5, 5.41) is 15.1. The maximum atomic E-state index is 13.4. The molecule has 2 aliphatic rings. The molecule has 2 aliphatic carbocycles. The summed E-state index contributed by atoms with van der Waals surface area (Å²) in [6.45, 7) is 25.4. The highest BCUT2D eigenvalue weighted by Gasteiger charge is 2.43. The Morgan fingerprint density at radius 2 is 0.860 bits per heavy atom. The summed E-state index contributed by atoms with van der Waals surface area (Å²) in [6, 6.07) is -0.693. The van der Waals surface area contributed by atoms with E-state index in [1.807, 2.05) is 0 Å². The molecule has 0 radical (unpaired) electrons. The van der Waals surface area contributed by atoms with Gasteiger partial charge in [-0.25, -0.2) is 24.2 Å². The molecule has 15 nitrogen and oxygen atoms in total. The van der Waals surface area contributed by atoms with Crippen molar-refractivity contribution in [3.05, 3.63) is 21.6 Å². The van der Waals surface area contributed by atoms with Crippen molar-refractivity contribution in [2.45, 2.75) is 339 Å². The minimum absolute atomic E-state index is 0.0208. The minimum Gasteiger partial charge on any atom is -0.449 e. The third-order valence-corrected chi connectivity index (χ3v) is 18.7. The number of unbranched alkanes of at least 4 members (excludes halogenated alkanes) is 24. The monoisotopic (exact) mass is 1210 g/mol. The van der Waals surface area contributed by atoms with Gasteiger partial charge in [-0.1, -0.05) is 249 Å². The van der Waals surface area contributed by atoms with Gasteiger partial charge in [0.25, 0.3) is 5.56 Å². The van der Waals surface area contributed by atoms with Gasteiger partial charge in [0.05, 0.1) is 25.5 Å². The normalized spacial score (nSPS) is 20.5. The number of aryl methyl sites for hydroxylation is 1. The van der Waals surface area contributed by atoms with Crippen molar-refractivity contribution in [2.75, 3.05) is 38.2 Å². The number of hydrogen-bond donors (Lipinski definition) is 6. The van der Waals surface area contributed by atoms with E-state index in [2.05, 4.69) is 106 Å². The number of urea groups is 1. The summed E-state index contributed by atoms with van der Waals surface area (Å²) in [7, 11) is 0. The lowest BCUT2D eigenvalue weighted by molar-refractivity contribution is 0.0596. The summed E-state index contributed by atoms with van der Waals surface area (Å²) >= 11 is 0. The van der Waals surface area contributed by atoms with Crippen molar-refractivity contribution >= 4 is 30.3 Å². The van der Waals surface area contributed by atoms with E-state index in [0.29, 0.717) is 62.2 Å². The number of aromatic nitrogens is 2. The van der Waals surface area contributed by atoms with Crippen LogP contribution < -0.4 is 32.1 Å². The zero-order valence-corrected chi connectivity index (χ0v) is 57.1. The molecule has 1 aromatic rings. The molecule has 6 atom stereocenters. The van der Waals surface area contributed by atoms with Gasteiger partial charge in [-0.05, 0) is 105 Å². The number of alkyl carbamates (subject to hydrolysis) is 3. The van der Waals surface area contributed by atoms with E-state index in [1.54, 1.807) is 6.92 Å². The zero-order chi connectivity index (χ0) is 63.1. The molecular formula is C71H131N7O8. The Balaban J connectivity index is 1.45. The smallest absolute Gasteiger partial charge is 0.407 e. The second-order valence-corrected chi connectivity index (χ2v) is 29.4. The fourth-order valence-corrected chi connectivity index (χ4v) is 14.7. The van der Waals surface area contributed by atoms with Crippen LogP contribution in [0.25, 0.3) is 0 Å². The molecule has 5 amide bonds. The number of aromatic amines is 1. The summed E-state index contributed by atoms with van der Waals surface area (Å²) in [5.41, 5.74) is -0.423. The van der Waals surface area contributed by atoms with Crippen LogP contribution in [0.3, 0.4) is 0 Å². The summed E-state index contributed by atoms with van der Waals surface area (Å²) in [6.07, 6.45) is 43.7. The Morgan fingerprint density at radius 3 is 1.23 bits per heavy atom. The predicted molar refractivity (Wildman–Crippen MR) is 355 cm³/mol. The maximum Gasteiger partial charge on any atom is 0.407 e. The SMILES string of the molecule is CCCCCCCCCCC(CCCCCCCC)COC(=O)NC1CC(C)(C)CC(C)(CNC(=O)Nc2nc(C)c(CCOC(=O)NCC3(C)CC(NC(=O)OC[C@H](CCCCCCCC)CCCCCCCCCC)CC(C)(C)C3)c(=O)[nH]2)C1. The molecule has 5 unspecified atom stereocenters. The second kappa shape index (κ2) is 42.8. The molecule has 0 saturated heterocycles. The molecule has 0 aliphatic heterocycles. The van der Waals surface area contributed by atoms with Crippen molar-refractivity contribution in [1.82, 2.24) is 31.2 Å². The van der Waals surface area contributed by atoms with Crippen LogP contribution in [0.2, 0.25) is 0 Å². The zero-order valence-electron chi connectivity index (χ0n) is 57.1. The van der Waals surface area contributed by atoms with Crippen LogP contribution in [0, 0.1) is 40.4 Å². The van der Waals surface area contributed by atoms with E-state index in [-0.39, 0.29) is 64.9 Å². The topological polar surface area (TPSA) is 202 Å². The lowest BCUT2D eigenvalue weighted by Gasteiger charge is -2.46. The van der Waals surface area contributed by atoms with E-state index >= 15 is 0 Å². The van der Waals surface area contributed by atoms with Crippen LogP contribution in [-0.2, 0) is 20.6 Å². The van der Waals surface area contributed by atoms with Gasteiger partial charge in [0.15, 0.2) is 0 Å². The Morgan fingerprint density at radius 1 is 0.500 bits per heavy atom. The minimum atomic E-state index is -0.577. The van der Waals surface area contributed by atoms with Gasteiger partial charge in [0, 0.05) is 37.2 Å². The highest BCUT2D eigenvalue weighted by molar-refractivity contribution is 5.87. The maximum absolute atomic E-state index is 13.4. The number of carbonyl (C=O) groups excluding carboxylic acids is 4. The van der Waals surface area contributed by atoms with Gasteiger partial charge in [0.2, 0.25) is 5.95 Å². The van der Waals surface area contributed by atoms with Gasteiger partial charge >= 0.3 is 24.3 Å². The van der Waals surface area contributed by atoms with Crippen LogP contribution in [-0.4, -0.2) is 79.3 Å². The number of nitrogens with one attached hydrogen (secondary N) is 6. The molecule has 1 aromatic heterocycles. The van der Waals surface area contributed by atoms with E-state index in [4.69, 9.17) is 14.2 Å². The highest BCUT2D eigenvalue weighted by Crippen LogP contribution is 2.47. The molecule has 2 fully saturated rings. The molecule has 1 heterocycles. The van der Waals surface area contributed by atoms with Crippen molar-refractivity contribution in [1.29, 1.82) is 0 Å². The number of rotatable bonds is 46. The molecule has 0 spiro atoms. The average molecular weight is 1210 g/mol. The van der Waals surface area contributed by atoms with Gasteiger partial charge < -0.3 is 35.5 Å². The van der Waals surface area contributed by atoms with Crippen LogP contribution >= 0.6 is 0 Å². The summed E-state index contributed by atoms with van der Waals surface area (Å²) < 4.78 is 17.5. The molecule has 6 N–H and O–H groups in total. The molecule has 15 heteroatoms. The Kier molecular flexibility index (Phi) is 37.9. The van der Waals surface area contributed by atoms with Crippen LogP contribution in [0.5, 0.6) is 0 Å². The fraction of sp³-hybridized carbons (Fsp3) is 0.887. The number of hydrogen-bond acceptors (Lipinski definition) is 9. The lowest BCUT2D eigenvalue weighted by Crippen LogP contribution is -2.51. The largest absolute Gasteiger partial charge is 0.449 e. The number of carbonyl (C=O) groups is 4. The predicted octanol–water partition coefficient (Wildman–Crippen LogP) is 18.9. The third-order valence-electron chi connectivity index (χ3n) is 18.7. The second-order valence-electron chi connectivity index (χ2n) is 29.4. The number of anilines is 1. The Labute approximate surface area is 524 Å². The van der Waals surface area contributed by atoms with Crippen LogP contribution in [0.4, 0.5) is 25.1 Å². The lowest BCUT2D eigenvalue weighted by atomic mass is 9.62. The number of H-pyrrole nitrogens is 1. The Hall–Kier alpha value is -4.04. The molecule has 2 saturated carbocycles. The number of ether oxygens (including phenoxy) is 3. The van der Waals surface area contributed by atoms with Crippen LogP contribution in [0.15, 0.2) is 4.79 Å². The van der Waals surface area contributed by atoms with Crippen molar-refractivity contribution < 1.29 is 33.4 Å². The standard InChI is InChI=1S/C71H131N7O8/c1-12-16-20-24-28-30-34-38-42-57(40-36-32-26-22-18-14-3)50-85-66(82)75-59-46-68(6,7)52-70(10,48-59)54-72-64(80)78-63-74-56(5)61(62(79)77-63)44-45-84-65(81)73-55-71(11)49-60(47-69(8,9)53-71)76-67(83)86-51-58(41-37-33-27-23-19-15-4)43-39-35-31-29-25-21-17-13-2/h57-60H,12-55H2,1-11H3,(H,73,81)(H,75,82)(H,76,83)(H3,72,74,77,78,79,80)/t57?,58-,59?,60?,70?,71?/m1/s1. The molecule has 498 valence electrons. The van der Waals surface area contributed by atoms with E-state index in [9.17, 15) is 24.0 Å². The number of nitrogens with zero attached hydrogens (tertiary/aromatic N) is 1. The Bertz CT molecular complexity index is 2080. The molecule has 3 rings (SSSR count). The van der Waals surface area contributed by atoms with E-state index in [0.717, 1.165) is 51.4 Å². The van der Waals surface area contributed by atoms with Crippen LogP contribution in [0.1, 0.15) is 324 Å². The summed E-state index contributed by atoms with van der Waals surface area (Å²) in [5.74, 6) is 0.785. The summed E-state index contributed by atoms with van der Waals surface area (Å²) in [4.78, 5) is 73.7. The quantitative estimate of drug-likeness (QED) is 0.0271. The van der Waals surface area contributed by atoms with E-state index in [1.165, 1.54) is 180 Å². The third kappa shape index (κ3) is 34.6. The van der Waals surface area contributed by atoms with E-state index < -0.39 is 17.7 Å². The number of amides is 5. The first kappa shape index (κ1) is 76.2. The van der Waals surface area contributed by atoms with Gasteiger partial charge in [0.1, 0.15) is 0 Å². The molecule has 0 bridgehead atoms. The van der Waals surface area contributed by atoms with Gasteiger partial charge in [-0.3, -0.25) is 15.1 Å². The molecular weight excluding hydrogens is 1080 g/mol. The van der Waals surface area contributed by atoms with Gasteiger partial charge in [-0.15, -0.1) is 0 Å². The first-order chi connectivity index (χ1) is 41.1. The average Bonchev–Trinajstić information content (AvgIpc) is 1.23. The first-order valence-corrected chi connectivity index (χ1v) is 35.5. The first-order valence-electron chi connectivity index (χ1n) is 35.5. The fourth-order valence-electron chi connectivity index (χ4n) is 14.7. The van der Waals surface area contributed by atoms with Crippen molar-refractivity contribution in [2.24, 2.45) is 33.5 Å². The molecule has 0 aromatic carbocycles.